The van der Waals surface area contributed by atoms with Gasteiger partial charge in [0.2, 0.25) is 0 Å². The fourth-order valence-corrected chi connectivity index (χ4v) is 2.96. The maximum Gasteiger partial charge on any atom is 0.307 e. The van der Waals surface area contributed by atoms with E-state index in [0.717, 1.165) is 22.2 Å². The van der Waals surface area contributed by atoms with Crippen molar-refractivity contribution in [3.8, 4) is 11.5 Å². The molecule has 0 aliphatic rings. The van der Waals surface area contributed by atoms with Gasteiger partial charge < -0.3 is 19.9 Å². The number of rotatable bonds is 4. The average Bonchev–Trinajstić information content (AvgIpc) is 2.72. The van der Waals surface area contributed by atoms with E-state index in [2.05, 4.69) is 0 Å². The molecule has 0 saturated heterocycles. The molecular formula is C18H17NO4. The van der Waals surface area contributed by atoms with Gasteiger partial charge in [-0.15, -0.1) is 0 Å². The summed E-state index contributed by atoms with van der Waals surface area (Å²) in [6.45, 7) is 2.39. The normalized spacial score (nSPS) is 11.0. The van der Waals surface area contributed by atoms with E-state index in [1.54, 1.807) is 36.4 Å². The zero-order valence-corrected chi connectivity index (χ0v) is 12.7. The first-order chi connectivity index (χ1) is 11.0. The number of nitrogens with zero attached hydrogens (tertiary/aromatic N) is 1. The molecule has 23 heavy (non-hydrogen) atoms. The lowest BCUT2D eigenvalue weighted by molar-refractivity contribution is -0.136. The predicted octanol–water partition coefficient (Wildman–Crippen LogP) is 3.04. The molecule has 0 amide bonds. The zero-order valence-electron chi connectivity index (χ0n) is 12.7. The molecule has 3 N–H and O–H groups in total. The maximum atomic E-state index is 11.2. The molecule has 5 nitrogen and oxygen atoms in total. The highest BCUT2D eigenvalue weighted by atomic mass is 16.4. The van der Waals surface area contributed by atoms with Crippen LogP contribution in [0.25, 0.3) is 10.9 Å². The van der Waals surface area contributed by atoms with Crippen molar-refractivity contribution >= 4 is 16.9 Å². The van der Waals surface area contributed by atoms with Crippen molar-refractivity contribution in [1.29, 1.82) is 0 Å². The lowest BCUT2D eigenvalue weighted by atomic mass is 10.1. The largest absolute Gasteiger partial charge is 0.508 e. The Morgan fingerprint density at radius 1 is 1.09 bits per heavy atom. The lowest BCUT2D eigenvalue weighted by Gasteiger charge is -2.09. The van der Waals surface area contributed by atoms with Gasteiger partial charge in [0.05, 0.1) is 6.42 Å². The van der Waals surface area contributed by atoms with Gasteiger partial charge in [0.1, 0.15) is 11.5 Å². The molecule has 0 unspecified atom stereocenters. The van der Waals surface area contributed by atoms with Crippen molar-refractivity contribution in [2.45, 2.75) is 19.9 Å². The van der Waals surface area contributed by atoms with Crippen molar-refractivity contribution < 1.29 is 20.1 Å². The van der Waals surface area contributed by atoms with Gasteiger partial charge in [-0.25, -0.2) is 0 Å². The van der Waals surface area contributed by atoms with E-state index in [1.165, 1.54) is 0 Å². The number of aromatic nitrogens is 1. The molecule has 0 bridgehead atoms. The van der Waals surface area contributed by atoms with Gasteiger partial charge in [-0.1, -0.05) is 12.1 Å². The van der Waals surface area contributed by atoms with Crippen LogP contribution >= 0.6 is 0 Å². The second kappa shape index (κ2) is 5.68. The maximum absolute atomic E-state index is 11.2. The molecule has 0 atom stereocenters. The highest BCUT2D eigenvalue weighted by Gasteiger charge is 2.17. The molecule has 3 rings (SSSR count). The molecule has 0 fully saturated rings. The number of benzene rings is 2. The Morgan fingerprint density at radius 3 is 2.52 bits per heavy atom. The van der Waals surface area contributed by atoms with Gasteiger partial charge in [0.25, 0.3) is 0 Å². The Bertz CT molecular complexity index is 895. The molecule has 5 heteroatoms. The van der Waals surface area contributed by atoms with E-state index in [4.69, 9.17) is 5.11 Å². The summed E-state index contributed by atoms with van der Waals surface area (Å²) in [5.74, 6) is -0.605. The van der Waals surface area contributed by atoms with Gasteiger partial charge in [-0.05, 0) is 48.4 Å². The molecule has 1 aromatic heterocycles. The van der Waals surface area contributed by atoms with Crippen LogP contribution in [0.5, 0.6) is 11.5 Å². The molecule has 0 aliphatic carbocycles. The van der Waals surface area contributed by atoms with Crippen molar-refractivity contribution in [2.75, 3.05) is 0 Å². The van der Waals surface area contributed by atoms with Crippen LogP contribution in [0.2, 0.25) is 0 Å². The van der Waals surface area contributed by atoms with Crippen molar-refractivity contribution in [3.63, 3.8) is 0 Å². The van der Waals surface area contributed by atoms with Gasteiger partial charge in [-0.3, -0.25) is 4.79 Å². The van der Waals surface area contributed by atoms with E-state index in [9.17, 15) is 15.0 Å². The van der Waals surface area contributed by atoms with Gasteiger partial charge >= 0.3 is 5.97 Å². The summed E-state index contributed by atoms with van der Waals surface area (Å²) in [6.07, 6.45) is -0.0984. The molecule has 0 spiro atoms. The van der Waals surface area contributed by atoms with Crippen LogP contribution in [-0.2, 0) is 17.8 Å². The van der Waals surface area contributed by atoms with Crippen LogP contribution in [0.1, 0.15) is 16.8 Å². The van der Waals surface area contributed by atoms with E-state index in [1.807, 2.05) is 17.6 Å². The third-order valence-corrected chi connectivity index (χ3v) is 4.02. The van der Waals surface area contributed by atoms with Crippen molar-refractivity contribution in [3.05, 3.63) is 59.3 Å². The summed E-state index contributed by atoms with van der Waals surface area (Å²) in [6, 6.07) is 11.9. The minimum absolute atomic E-state index is 0.0984. The smallest absolute Gasteiger partial charge is 0.307 e. The number of hydrogen-bond acceptors (Lipinski definition) is 3. The summed E-state index contributed by atoms with van der Waals surface area (Å²) in [5, 5.41) is 29.2. The number of hydrogen-bond donors (Lipinski definition) is 3. The Morgan fingerprint density at radius 2 is 1.83 bits per heavy atom. The molecule has 0 saturated carbocycles. The minimum Gasteiger partial charge on any atom is -0.508 e. The van der Waals surface area contributed by atoms with Crippen LogP contribution in [0.3, 0.4) is 0 Å². The van der Waals surface area contributed by atoms with Crippen molar-refractivity contribution in [1.82, 2.24) is 4.57 Å². The van der Waals surface area contributed by atoms with E-state index in [-0.39, 0.29) is 17.9 Å². The zero-order chi connectivity index (χ0) is 16.6. The number of fused-ring (bicyclic) bond motifs is 1. The van der Waals surface area contributed by atoms with Crippen LogP contribution < -0.4 is 0 Å². The Hall–Kier alpha value is -2.95. The van der Waals surface area contributed by atoms with E-state index >= 15 is 0 Å². The summed E-state index contributed by atoms with van der Waals surface area (Å²) in [5.41, 5.74) is 3.32. The first-order valence-electron chi connectivity index (χ1n) is 7.26. The molecule has 1 heterocycles. The monoisotopic (exact) mass is 311 g/mol. The average molecular weight is 311 g/mol. The fourth-order valence-electron chi connectivity index (χ4n) is 2.96. The highest BCUT2D eigenvalue weighted by molar-refractivity contribution is 5.90. The summed E-state index contributed by atoms with van der Waals surface area (Å²) < 4.78 is 2.00. The van der Waals surface area contributed by atoms with Gasteiger partial charge in [-0.2, -0.15) is 0 Å². The first kappa shape index (κ1) is 15.0. The molecule has 0 radical (unpaired) electrons. The Balaban J connectivity index is 2.16. The topological polar surface area (TPSA) is 82.7 Å². The van der Waals surface area contributed by atoms with Crippen LogP contribution in [0, 0.1) is 6.92 Å². The Kier molecular flexibility index (Phi) is 3.70. The van der Waals surface area contributed by atoms with E-state index in [0.29, 0.717) is 12.1 Å². The summed E-state index contributed by atoms with van der Waals surface area (Å²) in [4.78, 5) is 11.2. The second-order valence-electron chi connectivity index (χ2n) is 5.59. The SMILES string of the molecule is Cc1c(CC(=O)O)c2cc(O)ccc2n1Cc1cccc(O)c1. The fraction of sp³-hybridized carbons (Fsp3) is 0.167. The van der Waals surface area contributed by atoms with Crippen LogP contribution in [0.4, 0.5) is 0 Å². The molecule has 118 valence electrons. The number of aromatic hydroxyl groups is 2. The second-order valence-corrected chi connectivity index (χ2v) is 5.59. The number of phenols is 2. The van der Waals surface area contributed by atoms with Gasteiger partial charge in [0, 0.05) is 23.1 Å². The molecular weight excluding hydrogens is 294 g/mol. The van der Waals surface area contributed by atoms with Crippen LogP contribution in [-0.4, -0.2) is 25.9 Å². The summed E-state index contributed by atoms with van der Waals surface area (Å²) >= 11 is 0. The quantitative estimate of drug-likeness (QED) is 0.691. The number of phenolic OH excluding ortho intramolecular Hbond substituents is 2. The van der Waals surface area contributed by atoms with Crippen LogP contribution in [0.15, 0.2) is 42.5 Å². The van der Waals surface area contributed by atoms with E-state index < -0.39 is 5.97 Å². The third-order valence-electron chi connectivity index (χ3n) is 4.02. The number of aliphatic carboxylic acids is 1. The lowest BCUT2D eigenvalue weighted by Crippen LogP contribution is -2.05. The highest BCUT2D eigenvalue weighted by Crippen LogP contribution is 2.30. The first-order valence-corrected chi connectivity index (χ1v) is 7.26. The number of carbonyl (C=O) groups is 1. The molecule has 0 aliphatic heterocycles. The number of carboxylic acids is 1. The van der Waals surface area contributed by atoms with Crippen molar-refractivity contribution in [2.24, 2.45) is 0 Å². The molecule has 3 aromatic rings. The Labute approximate surface area is 133 Å². The number of carboxylic acid groups (broad SMARTS) is 1. The minimum atomic E-state index is -0.909. The standard InChI is InChI=1S/C18H17NO4/c1-11-15(9-18(22)23)16-8-14(21)5-6-17(16)19(11)10-12-3-2-4-13(20)7-12/h2-8,20-21H,9-10H2,1H3,(H,22,23). The summed E-state index contributed by atoms with van der Waals surface area (Å²) in [7, 11) is 0. The third kappa shape index (κ3) is 2.85. The predicted molar refractivity (Wildman–Crippen MR) is 86.9 cm³/mol. The molecule has 2 aromatic carbocycles. The van der Waals surface area contributed by atoms with Gasteiger partial charge in [0.15, 0.2) is 0 Å².